The second-order valence-corrected chi connectivity index (χ2v) is 10.4. The van der Waals surface area contributed by atoms with Crippen LogP contribution in [0.25, 0.3) is 10.1 Å². The number of carbonyl (C=O) groups excluding carboxylic acids is 1. The van der Waals surface area contributed by atoms with Crippen LogP contribution in [0.3, 0.4) is 0 Å². The van der Waals surface area contributed by atoms with Gasteiger partial charge in [0.25, 0.3) is 0 Å². The molecule has 3 rings (SSSR count). The van der Waals surface area contributed by atoms with Crippen molar-refractivity contribution in [2.75, 3.05) is 19.8 Å². The number of hydrogen-bond acceptors (Lipinski definition) is 6. The van der Waals surface area contributed by atoms with Crippen molar-refractivity contribution >= 4 is 27.3 Å². The summed E-state index contributed by atoms with van der Waals surface area (Å²) >= 11 is 1.68. The fraction of sp³-hybridized carbons (Fsp3) is 0.464. The molecule has 0 aliphatic carbocycles. The van der Waals surface area contributed by atoms with Crippen LogP contribution in [-0.2, 0) is 27.2 Å². The van der Waals surface area contributed by atoms with E-state index in [-0.39, 0.29) is 11.5 Å². The summed E-state index contributed by atoms with van der Waals surface area (Å²) in [7, 11) is 0. The summed E-state index contributed by atoms with van der Waals surface area (Å²) in [5.41, 5.74) is 8.27. The minimum Gasteiger partial charge on any atom is -0.488 e. The van der Waals surface area contributed by atoms with Gasteiger partial charge in [-0.05, 0) is 81.1 Å². The average Bonchev–Trinajstić information content (AvgIpc) is 3.21. The minimum absolute atomic E-state index is 0.125. The van der Waals surface area contributed by atoms with E-state index in [2.05, 4.69) is 17.5 Å². The van der Waals surface area contributed by atoms with Gasteiger partial charge in [0.05, 0.1) is 12.6 Å². The lowest BCUT2D eigenvalue weighted by Crippen LogP contribution is -2.48. The largest absolute Gasteiger partial charge is 0.488 e. The zero-order chi connectivity index (χ0) is 25.4. The van der Waals surface area contributed by atoms with E-state index in [1.54, 1.807) is 16.2 Å². The molecule has 1 amide bonds. The third kappa shape index (κ3) is 8.04. The number of amides is 1. The maximum absolute atomic E-state index is 13.6. The molecule has 190 valence electrons. The van der Waals surface area contributed by atoms with Crippen LogP contribution in [-0.4, -0.2) is 48.5 Å². The van der Waals surface area contributed by atoms with E-state index in [1.807, 2.05) is 71.0 Å². The van der Waals surface area contributed by atoms with Crippen molar-refractivity contribution in [3.8, 4) is 5.75 Å². The first-order valence-corrected chi connectivity index (χ1v) is 13.1. The van der Waals surface area contributed by atoms with Gasteiger partial charge < -0.3 is 24.8 Å². The van der Waals surface area contributed by atoms with Crippen molar-refractivity contribution < 1.29 is 19.0 Å². The van der Waals surface area contributed by atoms with Gasteiger partial charge in [0, 0.05) is 24.5 Å². The van der Waals surface area contributed by atoms with Gasteiger partial charge in [0.1, 0.15) is 11.4 Å². The smallest absolute Gasteiger partial charge is 0.240 e. The molecule has 0 radical (unpaired) electrons. The highest BCUT2D eigenvalue weighted by molar-refractivity contribution is 7.17. The minimum atomic E-state index is -0.682. The van der Waals surface area contributed by atoms with E-state index < -0.39 is 12.3 Å². The Hall–Kier alpha value is -2.45. The van der Waals surface area contributed by atoms with E-state index >= 15 is 0 Å². The molecular formula is C28H38N2O4S. The van der Waals surface area contributed by atoms with Gasteiger partial charge in [-0.15, -0.1) is 11.3 Å². The molecule has 0 saturated heterocycles. The Morgan fingerprint density at radius 1 is 1.03 bits per heavy atom. The number of ether oxygens (including phenoxy) is 3. The van der Waals surface area contributed by atoms with Crippen LogP contribution in [0.2, 0.25) is 0 Å². The first kappa shape index (κ1) is 27.1. The number of rotatable bonds is 12. The summed E-state index contributed by atoms with van der Waals surface area (Å²) < 4.78 is 18.6. The zero-order valence-corrected chi connectivity index (χ0v) is 22.3. The van der Waals surface area contributed by atoms with E-state index in [0.29, 0.717) is 32.7 Å². The van der Waals surface area contributed by atoms with E-state index in [0.717, 1.165) is 22.3 Å². The topological polar surface area (TPSA) is 74.0 Å². The first-order chi connectivity index (χ1) is 16.7. The van der Waals surface area contributed by atoms with Gasteiger partial charge >= 0.3 is 0 Å². The molecule has 0 fully saturated rings. The molecular weight excluding hydrogens is 460 g/mol. The fourth-order valence-electron chi connectivity index (χ4n) is 3.92. The molecule has 0 aliphatic heterocycles. The van der Waals surface area contributed by atoms with Crippen molar-refractivity contribution in [3.63, 3.8) is 0 Å². The van der Waals surface area contributed by atoms with Crippen LogP contribution in [0.15, 0.2) is 53.9 Å². The lowest BCUT2D eigenvalue weighted by atomic mass is 10.0. The second-order valence-electron chi connectivity index (χ2n) is 9.49. The molecule has 6 nitrogen and oxygen atoms in total. The number of benzene rings is 2. The van der Waals surface area contributed by atoms with Gasteiger partial charge in [0.2, 0.25) is 5.91 Å². The Balaban J connectivity index is 1.76. The van der Waals surface area contributed by atoms with Crippen molar-refractivity contribution in [1.29, 1.82) is 0 Å². The molecule has 0 saturated carbocycles. The fourth-order valence-corrected chi connectivity index (χ4v) is 4.88. The van der Waals surface area contributed by atoms with Crippen LogP contribution >= 0.6 is 11.3 Å². The predicted molar refractivity (Wildman–Crippen MR) is 143 cm³/mol. The van der Waals surface area contributed by atoms with Gasteiger partial charge in [-0.25, -0.2) is 0 Å². The monoisotopic (exact) mass is 498 g/mol. The standard InChI is InChI=1S/C28H38N2O4S/c1-6-32-26(33-7-2)18-30(17-21-19-35-25-11-9-8-10-23(21)25)27(31)24(29)16-20-12-14-22(15-13-20)34-28(3,4)5/h8-15,19,24,26H,6-7,16-18,29H2,1-5H3. The van der Waals surface area contributed by atoms with Crippen LogP contribution in [0.1, 0.15) is 45.7 Å². The van der Waals surface area contributed by atoms with E-state index in [1.165, 1.54) is 4.70 Å². The molecule has 0 bridgehead atoms. The van der Waals surface area contributed by atoms with Crippen molar-refractivity contribution in [3.05, 3.63) is 65.0 Å². The Morgan fingerprint density at radius 3 is 2.31 bits per heavy atom. The highest BCUT2D eigenvalue weighted by Gasteiger charge is 2.26. The summed E-state index contributed by atoms with van der Waals surface area (Å²) in [4.78, 5) is 15.3. The van der Waals surface area contributed by atoms with Crippen LogP contribution in [0.5, 0.6) is 5.75 Å². The molecule has 3 aromatic rings. The number of carbonyl (C=O) groups is 1. The highest BCUT2D eigenvalue weighted by Crippen LogP contribution is 2.27. The number of nitrogens with zero attached hydrogens (tertiary/aromatic N) is 1. The third-order valence-electron chi connectivity index (χ3n) is 5.43. The highest BCUT2D eigenvalue weighted by atomic mass is 32.1. The molecule has 0 spiro atoms. The molecule has 35 heavy (non-hydrogen) atoms. The van der Waals surface area contributed by atoms with E-state index in [4.69, 9.17) is 19.9 Å². The van der Waals surface area contributed by atoms with E-state index in [9.17, 15) is 4.79 Å². The molecule has 1 atom stereocenters. The van der Waals surface area contributed by atoms with Crippen molar-refractivity contribution in [2.45, 2.75) is 65.5 Å². The number of thiophene rings is 1. The summed E-state index contributed by atoms with van der Waals surface area (Å²) in [6.45, 7) is 11.6. The van der Waals surface area contributed by atoms with Gasteiger partial charge in [0.15, 0.2) is 6.29 Å². The molecule has 2 aromatic carbocycles. The predicted octanol–water partition coefficient (Wildman–Crippen LogP) is 5.38. The van der Waals surface area contributed by atoms with Gasteiger partial charge in [-0.1, -0.05) is 30.3 Å². The van der Waals surface area contributed by atoms with Gasteiger partial charge in [-0.3, -0.25) is 4.79 Å². The molecule has 7 heteroatoms. The number of fused-ring (bicyclic) bond motifs is 1. The summed E-state index contributed by atoms with van der Waals surface area (Å²) in [6.07, 6.45) is -0.0661. The molecule has 0 aliphatic rings. The normalized spacial score (nSPS) is 12.8. The first-order valence-electron chi connectivity index (χ1n) is 12.2. The Bertz CT molecular complexity index is 1070. The Morgan fingerprint density at radius 2 is 1.69 bits per heavy atom. The van der Waals surface area contributed by atoms with Crippen LogP contribution < -0.4 is 10.5 Å². The average molecular weight is 499 g/mol. The number of nitrogens with two attached hydrogens (primary N) is 1. The maximum Gasteiger partial charge on any atom is 0.240 e. The zero-order valence-electron chi connectivity index (χ0n) is 21.5. The van der Waals surface area contributed by atoms with Crippen LogP contribution in [0, 0.1) is 0 Å². The SMILES string of the molecule is CCOC(CN(Cc1csc2ccccc12)C(=O)C(N)Cc1ccc(OC(C)(C)C)cc1)OCC. The quantitative estimate of drug-likeness (QED) is 0.340. The van der Waals surface area contributed by atoms with Gasteiger partial charge in [-0.2, -0.15) is 0 Å². The maximum atomic E-state index is 13.6. The lowest BCUT2D eigenvalue weighted by molar-refractivity contribution is -0.160. The Kier molecular flexibility index (Phi) is 9.69. The second kappa shape index (κ2) is 12.5. The molecule has 1 unspecified atom stereocenters. The molecule has 2 N–H and O–H groups in total. The lowest BCUT2D eigenvalue weighted by Gasteiger charge is -2.29. The molecule has 1 aromatic heterocycles. The van der Waals surface area contributed by atoms with Crippen LogP contribution in [0.4, 0.5) is 0 Å². The number of hydrogen-bond donors (Lipinski definition) is 1. The third-order valence-corrected chi connectivity index (χ3v) is 6.44. The summed E-state index contributed by atoms with van der Waals surface area (Å²) in [5, 5.41) is 3.27. The summed E-state index contributed by atoms with van der Waals surface area (Å²) in [5.74, 6) is 0.670. The summed E-state index contributed by atoms with van der Waals surface area (Å²) in [6, 6.07) is 15.3. The van der Waals surface area contributed by atoms with Crippen molar-refractivity contribution in [2.24, 2.45) is 5.73 Å². The molecule has 1 heterocycles. The Labute approximate surface area is 213 Å². The van der Waals surface area contributed by atoms with Crippen molar-refractivity contribution in [1.82, 2.24) is 4.90 Å².